The van der Waals surface area contributed by atoms with Gasteiger partial charge in [-0.3, -0.25) is 28.8 Å². The number of aromatic nitrogens is 14. The molecule has 7 heterocycles. The fraction of sp³-hybridized carbons (Fsp3) is 0.119. The smallest absolute Gasteiger partial charge is 0.435 e. The van der Waals surface area contributed by atoms with E-state index in [1.165, 1.54) is 103 Å². The second kappa shape index (κ2) is 35.8. The van der Waals surface area contributed by atoms with Crippen molar-refractivity contribution in [3.05, 3.63) is 228 Å². The van der Waals surface area contributed by atoms with Crippen LogP contribution in [-0.2, 0) is 26.0 Å². The van der Waals surface area contributed by atoms with Crippen molar-refractivity contribution in [3.63, 3.8) is 0 Å². The lowest BCUT2D eigenvalue weighted by atomic mass is 10.1. The van der Waals surface area contributed by atoms with Gasteiger partial charge >= 0.3 is 30.0 Å². The van der Waals surface area contributed by atoms with Crippen LogP contribution in [0.1, 0.15) is 110 Å². The van der Waals surface area contributed by atoms with E-state index in [0.717, 1.165) is 11.8 Å². The number of aryl methyl sites for hydroxylation is 1. The number of anilines is 5. The number of carbonyl (C=O) groups is 9. The number of rotatable bonds is 15. The van der Waals surface area contributed by atoms with Gasteiger partial charge < -0.3 is 51.1 Å². The number of nitrogens with one attached hydrogen (secondary N) is 4. The number of carbonyl (C=O) groups excluding carboxylic acids is 8. The Bertz CT molecular complexity index is 5400. The summed E-state index contributed by atoms with van der Waals surface area (Å²) in [5, 5.41) is 66.5. The molecule has 4 amide bonds. The average Bonchev–Trinajstić information content (AvgIpc) is 1.81. The van der Waals surface area contributed by atoms with E-state index < -0.39 is 88.0 Å². The molecular weight excluding hydrogens is 1530 g/mol. The van der Waals surface area contributed by atoms with E-state index in [4.69, 9.17) is 76.7 Å². The first-order valence-corrected chi connectivity index (χ1v) is 31.7. The molecule has 34 nitrogen and oxygen atoms in total. The predicted molar refractivity (Wildman–Crippen MR) is 378 cm³/mol. The third-order valence-electron chi connectivity index (χ3n) is 13.7. The number of nitriles is 1. The Labute approximate surface area is 630 Å². The van der Waals surface area contributed by atoms with Gasteiger partial charge in [0.2, 0.25) is 0 Å². The van der Waals surface area contributed by atoms with E-state index in [0.29, 0.717) is 58.2 Å². The summed E-state index contributed by atoms with van der Waals surface area (Å²) in [5.41, 5.74) is 5.83. The number of halogens is 8. The Morgan fingerprint density at radius 3 is 1.50 bits per heavy atom. The van der Waals surface area contributed by atoms with E-state index in [2.05, 4.69) is 82.1 Å². The minimum absolute atomic E-state index is 0.0151. The van der Waals surface area contributed by atoms with Crippen LogP contribution in [-0.4, -0.2) is 156 Å². The average molecular weight is 1580 g/mol. The number of carboxylic acid groups (broad SMARTS) is 1. The topological polar surface area (TPSA) is 465 Å². The lowest BCUT2D eigenvalue weighted by Crippen LogP contribution is -2.27. The van der Waals surface area contributed by atoms with Crippen molar-refractivity contribution in [3.8, 4) is 34.4 Å². The maximum absolute atomic E-state index is 13.4. The molecule has 0 fully saturated rings. The SMILES string of the molecule is COC(=O)c1cc(Cl)c(Cl)cc1NC(=O)c1ccc(-c2nn(C)cc2C#N)nn1.COC(=O)c1cc(Cl)c(Cl)cc1NC(=O)c1cn(-c2cnn(C(=O)OC(C)(C)C)c2)nn1.COC(=O)c1cc(F)c(F)cc1NC(=O)c1cc(N)cnn1.O=C(Nc1cc(F)c(F)cc1C(=O)O)c1ccc(-c2cccnc2)nn1. The van der Waals surface area contributed by atoms with Crippen molar-refractivity contribution >= 4 is 128 Å². The minimum atomic E-state index is -1.52. The van der Waals surface area contributed by atoms with Crippen molar-refractivity contribution < 1.29 is 84.8 Å². The zero-order valence-corrected chi connectivity index (χ0v) is 59.8. The van der Waals surface area contributed by atoms with Gasteiger partial charge in [-0.2, -0.15) is 25.2 Å². The molecule has 0 aliphatic carbocycles. The molecule has 0 spiro atoms. The number of methoxy groups -OCH3 is 3. The van der Waals surface area contributed by atoms with Crippen LogP contribution in [0.3, 0.4) is 0 Å². The number of ether oxygens (including phenoxy) is 4. The summed E-state index contributed by atoms with van der Waals surface area (Å²) < 4.78 is 75.9. The fourth-order valence-corrected chi connectivity index (χ4v) is 9.30. The number of pyridine rings is 1. The lowest BCUT2D eigenvalue weighted by Gasteiger charge is -2.18. The number of carboxylic acids is 1. The van der Waals surface area contributed by atoms with Crippen LogP contribution in [0.15, 0.2) is 134 Å². The van der Waals surface area contributed by atoms with Crippen LogP contribution < -0.4 is 27.0 Å². The Hall–Kier alpha value is -13.8. The Morgan fingerprint density at radius 1 is 0.550 bits per heavy atom. The summed E-state index contributed by atoms with van der Waals surface area (Å²) in [5.74, 6) is -11.9. The first-order chi connectivity index (χ1) is 51.7. The molecule has 4 aromatic carbocycles. The molecule has 0 atom stereocenters. The summed E-state index contributed by atoms with van der Waals surface area (Å²) in [7, 11) is 5.14. The van der Waals surface area contributed by atoms with Gasteiger partial charge in [0.05, 0.1) is 128 Å². The lowest BCUT2D eigenvalue weighted by molar-refractivity contribution is 0.0511. The summed E-state index contributed by atoms with van der Waals surface area (Å²) in [6.07, 6.45) is 9.33. The van der Waals surface area contributed by atoms with Gasteiger partial charge in [-0.1, -0.05) is 51.6 Å². The molecule has 0 radical (unpaired) electrons. The molecule has 11 aromatic rings. The molecule has 7 N–H and O–H groups in total. The number of hydrogen-bond acceptors (Lipinski definition) is 26. The van der Waals surface area contributed by atoms with Crippen LogP contribution in [0.4, 0.5) is 50.8 Å². The van der Waals surface area contributed by atoms with Crippen LogP contribution in [0.25, 0.3) is 28.3 Å². The van der Waals surface area contributed by atoms with Gasteiger partial charge in [-0.25, -0.2) is 46.2 Å². The van der Waals surface area contributed by atoms with Gasteiger partial charge in [0.25, 0.3) is 23.6 Å². The van der Waals surface area contributed by atoms with Gasteiger partial charge in [-0.05, 0) is 99.6 Å². The molecule has 109 heavy (non-hydrogen) atoms. The number of nitrogen functional groups attached to an aromatic ring is 1. The summed E-state index contributed by atoms with van der Waals surface area (Å²) in [4.78, 5) is 112. The van der Waals surface area contributed by atoms with E-state index in [9.17, 15) is 60.7 Å². The Kier molecular flexibility index (Phi) is 26.6. The minimum Gasteiger partial charge on any atom is -0.478 e. The molecule has 7 aromatic heterocycles. The van der Waals surface area contributed by atoms with Crippen LogP contribution >= 0.6 is 46.4 Å². The van der Waals surface area contributed by atoms with Crippen molar-refractivity contribution in [1.82, 2.24) is 70.1 Å². The molecule has 0 unspecified atom stereocenters. The van der Waals surface area contributed by atoms with E-state index >= 15 is 0 Å². The number of benzene rings is 4. The molecule has 11 rings (SSSR count). The molecule has 0 aliphatic heterocycles. The van der Waals surface area contributed by atoms with E-state index in [-0.39, 0.29) is 88.0 Å². The number of amides is 4. The maximum Gasteiger partial charge on any atom is 0.435 e. The summed E-state index contributed by atoms with van der Waals surface area (Å²) >= 11 is 23.9. The number of esters is 3. The number of nitrogens with two attached hydrogens (primary N) is 1. The number of nitrogens with zero attached hydrogens (tertiary/aromatic N) is 15. The molecule has 0 saturated heterocycles. The highest BCUT2D eigenvalue weighted by Gasteiger charge is 2.26. The van der Waals surface area contributed by atoms with Crippen molar-refractivity contribution in [2.75, 3.05) is 48.3 Å². The Morgan fingerprint density at radius 2 is 1.03 bits per heavy atom. The van der Waals surface area contributed by atoms with Gasteiger partial charge in [0.1, 0.15) is 28.7 Å². The highest BCUT2D eigenvalue weighted by atomic mass is 35.5. The van der Waals surface area contributed by atoms with Crippen molar-refractivity contribution in [2.24, 2.45) is 7.05 Å². The predicted octanol–water partition coefficient (Wildman–Crippen LogP) is 10.8. The molecule has 0 saturated carbocycles. The number of hydrogen-bond donors (Lipinski definition) is 6. The highest BCUT2D eigenvalue weighted by Crippen LogP contribution is 2.33. The van der Waals surface area contributed by atoms with E-state index in [1.54, 1.807) is 58.5 Å². The largest absolute Gasteiger partial charge is 0.478 e. The van der Waals surface area contributed by atoms with Crippen LogP contribution in [0.5, 0.6) is 0 Å². The second-order valence-electron chi connectivity index (χ2n) is 22.4. The maximum atomic E-state index is 13.4. The monoisotopic (exact) mass is 1570 g/mol. The third-order valence-corrected chi connectivity index (χ3v) is 15.1. The standard InChI is InChI=1S/C19H18Cl2N6O5.C18H12Cl2N6O3.C17H10F2N4O3.C13H10F2N4O3/c1-19(2,3)32-18(30)27-8-10(7-22-27)26-9-15(24-25-26)16(28)23-14-6-13(21)12(20)5-11(14)17(29)31-4;1-26-8-9(7-21)16(25-26)13-3-4-14(24-23-13)17(27)22-15-6-12(20)11(19)5-10(15)18(28)29-2;18-11-6-10(17(25)26)15(7-12(11)19)21-16(24)14-4-3-13(22-23-14)9-2-1-5-20-8-9;1-22-13(21)7-3-8(14)9(15)4-10(7)18-12(20)11-2-6(16)5-17-19-11/h5-9H,1-4H3,(H,23,28);3-6,8H,1-2H3,(H,22,27);1-8H,(H,21,24)(H,25,26);2-5H,1H3,(H2,16,19)(H,18,20). The summed E-state index contributed by atoms with van der Waals surface area (Å²) in [6, 6.07) is 20.2. The first kappa shape index (κ1) is 80.9. The van der Waals surface area contributed by atoms with Gasteiger partial charge in [0.15, 0.2) is 46.0 Å². The van der Waals surface area contributed by atoms with Crippen LogP contribution in [0, 0.1) is 34.6 Å². The molecular formula is C67H50Cl4F4N20O14. The highest BCUT2D eigenvalue weighted by molar-refractivity contribution is 6.43. The molecule has 558 valence electrons. The fourth-order valence-electron chi connectivity index (χ4n) is 8.65. The normalized spacial score (nSPS) is 10.6. The summed E-state index contributed by atoms with van der Waals surface area (Å²) in [6.45, 7) is 5.20. The van der Waals surface area contributed by atoms with E-state index in [1.807, 2.05) is 6.07 Å². The van der Waals surface area contributed by atoms with Gasteiger partial charge in [0, 0.05) is 43.3 Å². The number of aromatic carboxylic acids is 1. The molecule has 0 bridgehead atoms. The zero-order valence-electron chi connectivity index (χ0n) is 56.8. The van der Waals surface area contributed by atoms with Crippen molar-refractivity contribution in [2.45, 2.75) is 26.4 Å². The van der Waals surface area contributed by atoms with Crippen molar-refractivity contribution in [1.29, 1.82) is 5.26 Å². The molecule has 0 aliphatic rings. The second-order valence-corrected chi connectivity index (χ2v) is 24.0. The zero-order chi connectivity index (χ0) is 79.7. The van der Waals surface area contributed by atoms with Crippen LogP contribution in [0.2, 0.25) is 20.1 Å². The third kappa shape index (κ3) is 21.0. The van der Waals surface area contributed by atoms with Gasteiger partial charge in [-0.15, -0.1) is 30.6 Å². The quantitative estimate of drug-likeness (QED) is 0.0315. The first-order valence-electron chi connectivity index (χ1n) is 30.2. The Balaban J connectivity index is 0.000000184. The molecule has 42 heteroatoms.